The van der Waals surface area contributed by atoms with Gasteiger partial charge in [-0.05, 0) is 48.7 Å². The summed E-state index contributed by atoms with van der Waals surface area (Å²) in [4.78, 5) is 2.26. The largest absolute Gasteiger partial charge is 0.495 e. The Morgan fingerprint density at radius 1 is 1.17 bits per heavy atom. The number of rotatable bonds is 9. The van der Waals surface area contributed by atoms with Gasteiger partial charge in [0.15, 0.2) is 0 Å². The third kappa shape index (κ3) is 7.38. The average molecular weight is 610 g/mol. The fraction of sp³-hybridized carbons (Fsp3) is 0.467. The van der Waals surface area contributed by atoms with Crippen molar-refractivity contribution in [1.29, 1.82) is 0 Å². The normalized spacial score (nSPS) is 18.1. The van der Waals surface area contributed by atoms with Crippen LogP contribution in [0.15, 0.2) is 36.4 Å². The van der Waals surface area contributed by atoms with Crippen LogP contribution in [0.2, 0.25) is 0 Å². The molecule has 2 heterocycles. The molecule has 2 N–H and O–H groups in total. The van der Waals surface area contributed by atoms with Gasteiger partial charge in [-0.1, -0.05) is 37.8 Å². The number of benzene rings is 2. The van der Waals surface area contributed by atoms with Gasteiger partial charge >= 0.3 is 6.18 Å². The van der Waals surface area contributed by atoms with Crippen LogP contribution in [0.25, 0.3) is 10.1 Å². The van der Waals surface area contributed by atoms with Crippen molar-refractivity contribution in [3.63, 3.8) is 0 Å². The fourth-order valence-corrected chi connectivity index (χ4v) is 8.16. The zero-order valence-corrected chi connectivity index (χ0v) is 25.4. The first-order valence-corrected chi connectivity index (χ1v) is 16.6. The number of hydrogen-bond acceptors (Lipinski definition) is 6. The maximum Gasteiger partial charge on any atom is 0.393 e. The topological polar surface area (TPSA) is 53.6 Å². The molecule has 2 aromatic carbocycles. The molecule has 3 aromatic rings. The quantitative estimate of drug-likeness (QED) is 0.156. The first-order chi connectivity index (χ1) is 19.5. The fourth-order valence-electron chi connectivity index (χ4n) is 5.11. The van der Waals surface area contributed by atoms with E-state index in [9.17, 15) is 22.1 Å². The highest BCUT2D eigenvalue weighted by atomic mass is 32.1. The van der Waals surface area contributed by atoms with Crippen LogP contribution in [0.4, 0.5) is 28.9 Å². The molecule has 41 heavy (non-hydrogen) atoms. The summed E-state index contributed by atoms with van der Waals surface area (Å²) in [5.74, 6) is 6.43. The summed E-state index contributed by atoms with van der Waals surface area (Å²) in [6, 6.07) is 10.1. The van der Waals surface area contributed by atoms with Crippen molar-refractivity contribution in [3.8, 4) is 17.6 Å². The van der Waals surface area contributed by atoms with Crippen LogP contribution in [0.3, 0.4) is 0 Å². The molecule has 5 nitrogen and oxygen atoms in total. The molecule has 0 radical (unpaired) electrons. The summed E-state index contributed by atoms with van der Waals surface area (Å²) < 4.78 is 74.7. The van der Waals surface area contributed by atoms with E-state index in [0.29, 0.717) is 57.4 Å². The predicted molar refractivity (Wildman–Crippen MR) is 163 cm³/mol. The van der Waals surface area contributed by atoms with Crippen molar-refractivity contribution in [2.75, 3.05) is 56.7 Å². The molecule has 0 bridgehead atoms. The second kappa shape index (κ2) is 13.1. The number of piperidine rings is 1. The van der Waals surface area contributed by atoms with Gasteiger partial charge in [0.1, 0.15) is 19.1 Å². The van der Waals surface area contributed by atoms with Crippen molar-refractivity contribution >= 4 is 45.2 Å². The number of methoxy groups -OCH3 is 1. The molecule has 0 spiro atoms. The van der Waals surface area contributed by atoms with Gasteiger partial charge in [-0.2, -0.15) is 13.2 Å². The van der Waals surface area contributed by atoms with E-state index in [0.717, 1.165) is 11.8 Å². The molecule has 2 atom stereocenters. The molecule has 1 aromatic heterocycles. The van der Waals surface area contributed by atoms with Crippen LogP contribution in [0.5, 0.6) is 5.75 Å². The molecule has 11 heteroatoms. The molecule has 1 saturated heterocycles. The summed E-state index contributed by atoms with van der Waals surface area (Å²) >= 11 is 1.19. The number of alkyl halides is 4. The lowest BCUT2D eigenvalue weighted by molar-refractivity contribution is -0.126. The monoisotopic (exact) mass is 609 g/mol. The number of thiophene rings is 1. The molecule has 222 valence electrons. The lowest BCUT2D eigenvalue weighted by Gasteiger charge is -2.33. The number of fused-ring (bicyclic) bond motifs is 1. The summed E-state index contributed by atoms with van der Waals surface area (Å²) in [7, 11) is 0.919. The van der Waals surface area contributed by atoms with Crippen LogP contribution in [-0.4, -0.2) is 69.4 Å². The van der Waals surface area contributed by atoms with E-state index in [1.165, 1.54) is 18.4 Å². The standard InChI is InChI=1S/C30H36F4N3O2PS/c1-5-40(38,6-2)20-12-13-25(27(17-20)39-4)35-15-8-11-28-22(18-30(32,33)34)21-9-7-10-26(29(21)41-28)36-24-14-16-37(3)19-23(24)31/h7,9-10,12-13,17,23-24,35-36H,5-6,14-16,18-19H2,1-4H3/t23-,24-/m0/s1. The predicted octanol–water partition coefficient (Wildman–Crippen LogP) is 6.96. The van der Waals surface area contributed by atoms with Gasteiger partial charge in [-0.25, -0.2) is 4.39 Å². The van der Waals surface area contributed by atoms with Crippen LogP contribution >= 0.6 is 18.5 Å². The second-order valence-corrected chi connectivity index (χ2v) is 14.8. The summed E-state index contributed by atoms with van der Waals surface area (Å²) in [5, 5.41) is 7.65. The Bertz CT molecular complexity index is 1470. The SMILES string of the molecule is CCP(=O)(CC)c1ccc(NCC#Cc2sc3c(N[C@H]4CCN(C)C[C@@H]4F)cccc3c2CC(F)(F)F)c(OC)c1. The molecule has 1 aliphatic heterocycles. The lowest BCUT2D eigenvalue weighted by Crippen LogP contribution is -2.46. The Morgan fingerprint density at radius 2 is 1.93 bits per heavy atom. The van der Waals surface area contributed by atoms with E-state index >= 15 is 0 Å². The minimum absolute atomic E-state index is 0.130. The third-order valence-electron chi connectivity index (χ3n) is 7.53. The van der Waals surface area contributed by atoms with Crippen molar-refractivity contribution < 1.29 is 26.9 Å². The van der Waals surface area contributed by atoms with Gasteiger partial charge < -0.3 is 24.8 Å². The molecule has 0 unspecified atom stereocenters. The molecule has 1 aliphatic rings. The van der Waals surface area contributed by atoms with Crippen molar-refractivity contribution in [2.45, 2.75) is 45.1 Å². The molecule has 1 fully saturated rings. The highest BCUT2D eigenvalue weighted by Gasteiger charge is 2.32. The first kappa shape index (κ1) is 31.2. The Labute approximate surface area is 243 Å². The first-order valence-electron chi connectivity index (χ1n) is 13.7. The van der Waals surface area contributed by atoms with Crippen LogP contribution in [0, 0.1) is 11.8 Å². The van der Waals surface area contributed by atoms with E-state index in [1.54, 1.807) is 30.3 Å². The van der Waals surface area contributed by atoms with Gasteiger partial charge in [0.05, 0.1) is 47.1 Å². The second-order valence-electron chi connectivity index (χ2n) is 10.3. The van der Waals surface area contributed by atoms with Crippen LogP contribution in [-0.2, 0) is 11.0 Å². The van der Waals surface area contributed by atoms with Crippen LogP contribution in [0.1, 0.15) is 30.7 Å². The van der Waals surface area contributed by atoms with Gasteiger partial charge in [0.2, 0.25) is 0 Å². The van der Waals surface area contributed by atoms with Gasteiger partial charge in [-0.15, -0.1) is 11.3 Å². The molecule has 0 aliphatic carbocycles. The third-order valence-corrected chi connectivity index (χ3v) is 12.0. The number of ether oxygens (including phenoxy) is 1. The number of hydrogen-bond donors (Lipinski definition) is 2. The van der Waals surface area contributed by atoms with E-state index < -0.39 is 32.0 Å². The van der Waals surface area contributed by atoms with Gasteiger partial charge in [0, 0.05) is 30.7 Å². The minimum atomic E-state index is -4.41. The number of halogens is 4. The molecule has 0 saturated carbocycles. The maximum atomic E-state index is 14.7. The highest BCUT2D eigenvalue weighted by Crippen LogP contribution is 2.45. The number of likely N-dealkylation sites (tertiary alicyclic amines) is 1. The van der Waals surface area contributed by atoms with E-state index in [4.69, 9.17) is 4.74 Å². The number of anilines is 2. The van der Waals surface area contributed by atoms with Crippen molar-refractivity contribution in [3.05, 3.63) is 46.8 Å². The van der Waals surface area contributed by atoms with Crippen molar-refractivity contribution in [2.24, 2.45) is 0 Å². The number of nitrogens with one attached hydrogen (secondary N) is 2. The van der Waals surface area contributed by atoms with Crippen molar-refractivity contribution in [1.82, 2.24) is 4.90 Å². The van der Waals surface area contributed by atoms with Gasteiger partial charge in [0.25, 0.3) is 0 Å². The Balaban J connectivity index is 1.59. The number of nitrogens with zero attached hydrogens (tertiary/aromatic N) is 1. The Morgan fingerprint density at radius 3 is 2.59 bits per heavy atom. The van der Waals surface area contributed by atoms with Crippen LogP contribution < -0.4 is 20.7 Å². The zero-order chi connectivity index (χ0) is 29.8. The maximum absolute atomic E-state index is 14.7. The summed E-state index contributed by atoms with van der Waals surface area (Å²) in [6.45, 7) is 5.03. The zero-order valence-electron chi connectivity index (χ0n) is 23.7. The Kier molecular flexibility index (Phi) is 9.94. The summed E-state index contributed by atoms with van der Waals surface area (Å²) in [5.41, 5.74) is 1.41. The average Bonchev–Trinajstić information content (AvgIpc) is 3.28. The van der Waals surface area contributed by atoms with Gasteiger partial charge in [-0.3, -0.25) is 0 Å². The van der Waals surface area contributed by atoms with E-state index in [-0.39, 0.29) is 12.1 Å². The Hall–Kier alpha value is -2.73. The molecular weight excluding hydrogens is 573 g/mol. The molecule has 0 amide bonds. The lowest BCUT2D eigenvalue weighted by atomic mass is 10.0. The smallest absolute Gasteiger partial charge is 0.393 e. The molecular formula is C30H36F4N3O2PS. The summed E-state index contributed by atoms with van der Waals surface area (Å²) in [6.07, 6.45) is -4.86. The van der Waals surface area contributed by atoms with E-state index in [1.807, 2.05) is 31.9 Å². The highest BCUT2D eigenvalue weighted by molar-refractivity contribution is 7.71. The minimum Gasteiger partial charge on any atom is -0.495 e. The van der Waals surface area contributed by atoms with E-state index in [2.05, 4.69) is 22.5 Å². The molecule has 4 rings (SSSR count).